The van der Waals surface area contributed by atoms with E-state index in [2.05, 4.69) is 14.9 Å². The van der Waals surface area contributed by atoms with Crippen molar-refractivity contribution in [1.29, 1.82) is 0 Å². The number of benzene rings is 1. The number of likely N-dealkylation sites (N-methyl/N-ethyl adjacent to an activating group) is 1. The molecule has 0 atom stereocenters. The molecular formula is C19H22F2N6O. The maximum absolute atomic E-state index is 14.0. The van der Waals surface area contributed by atoms with E-state index in [1.807, 2.05) is 15.9 Å². The molecule has 7 nitrogen and oxygen atoms in total. The van der Waals surface area contributed by atoms with Crippen LogP contribution in [0.3, 0.4) is 0 Å². The summed E-state index contributed by atoms with van der Waals surface area (Å²) in [5.41, 5.74) is 0.291. The van der Waals surface area contributed by atoms with Crippen LogP contribution in [0, 0.1) is 11.6 Å². The van der Waals surface area contributed by atoms with E-state index < -0.39 is 11.6 Å². The van der Waals surface area contributed by atoms with Gasteiger partial charge >= 0.3 is 0 Å². The molecule has 0 bridgehead atoms. The van der Waals surface area contributed by atoms with Gasteiger partial charge in [0.1, 0.15) is 29.6 Å². The van der Waals surface area contributed by atoms with Crippen molar-refractivity contribution >= 4 is 23.2 Å². The summed E-state index contributed by atoms with van der Waals surface area (Å²) in [6.07, 6.45) is 1.51. The predicted molar refractivity (Wildman–Crippen MR) is 103 cm³/mol. The van der Waals surface area contributed by atoms with Crippen LogP contribution in [-0.2, 0) is 4.79 Å². The van der Waals surface area contributed by atoms with Crippen molar-refractivity contribution in [3.05, 3.63) is 42.2 Å². The van der Waals surface area contributed by atoms with Crippen LogP contribution in [0.2, 0.25) is 0 Å². The first-order valence-corrected chi connectivity index (χ1v) is 9.27. The largest absolute Gasteiger partial charge is 0.366 e. The number of carbonyl (C=O) groups is 1. The minimum Gasteiger partial charge on any atom is -0.366 e. The lowest BCUT2D eigenvalue weighted by atomic mass is 10.2. The number of halogens is 2. The number of amides is 1. The van der Waals surface area contributed by atoms with Gasteiger partial charge in [0.25, 0.3) is 0 Å². The number of aromatic nitrogens is 2. The van der Waals surface area contributed by atoms with Gasteiger partial charge in [-0.15, -0.1) is 0 Å². The van der Waals surface area contributed by atoms with E-state index >= 15 is 0 Å². The summed E-state index contributed by atoms with van der Waals surface area (Å²) >= 11 is 0. The Morgan fingerprint density at radius 1 is 0.857 bits per heavy atom. The molecule has 2 aliphatic rings. The van der Waals surface area contributed by atoms with Crippen LogP contribution in [0.25, 0.3) is 0 Å². The minimum absolute atomic E-state index is 0.0668. The zero-order chi connectivity index (χ0) is 19.7. The SMILES string of the molecule is CN1CCN(c2cc(N3CCN(c4cc(F)ccc4F)CC3)ncn2)CC1=O. The van der Waals surface area contributed by atoms with Crippen molar-refractivity contribution in [3.63, 3.8) is 0 Å². The van der Waals surface area contributed by atoms with Crippen LogP contribution < -0.4 is 14.7 Å². The molecule has 2 saturated heterocycles. The third-order valence-corrected chi connectivity index (χ3v) is 5.27. The normalized spacial score (nSPS) is 18.0. The van der Waals surface area contributed by atoms with Crippen LogP contribution in [0.1, 0.15) is 0 Å². The number of hydrogen-bond acceptors (Lipinski definition) is 6. The van der Waals surface area contributed by atoms with E-state index in [4.69, 9.17) is 0 Å². The van der Waals surface area contributed by atoms with E-state index in [0.717, 1.165) is 30.3 Å². The molecule has 2 aromatic rings. The summed E-state index contributed by atoms with van der Waals surface area (Å²) in [5, 5.41) is 0. The van der Waals surface area contributed by atoms with Crippen molar-refractivity contribution < 1.29 is 13.6 Å². The quantitative estimate of drug-likeness (QED) is 0.792. The molecule has 1 aromatic carbocycles. The molecule has 2 aliphatic heterocycles. The predicted octanol–water partition coefficient (Wildman–Crippen LogP) is 1.36. The van der Waals surface area contributed by atoms with Gasteiger partial charge in [-0.25, -0.2) is 18.7 Å². The molecule has 4 rings (SSSR count). The van der Waals surface area contributed by atoms with Gasteiger partial charge in [0.15, 0.2) is 0 Å². The highest BCUT2D eigenvalue weighted by Crippen LogP contribution is 2.24. The summed E-state index contributed by atoms with van der Waals surface area (Å²) in [6.45, 7) is 4.09. The third-order valence-electron chi connectivity index (χ3n) is 5.27. The monoisotopic (exact) mass is 388 g/mol. The molecule has 28 heavy (non-hydrogen) atoms. The molecule has 148 valence electrons. The number of nitrogens with zero attached hydrogens (tertiary/aromatic N) is 6. The second-order valence-electron chi connectivity index (χ2n) is 7.04. The van der Waals surface area contributed by atoms with Crippen LogP contribution in [0.15, 0.2) is 30.6 Å². The third kappa shape index (κ3) is 3.69. The first-order chi connectivity index (χ1) is 13.5. The molecule has 3 heterocycles. The van der Waals surface area contributed by atoms with Gasteiger partial charge in [-0.2, -0.15) is 0 Å². The Balaban J connectivity index is 1.44. The van der Waals surface area contributed by atoms with E-state index in [1.165, 1.54) is 12.4 Å². The highest BCUT2D eigenvalue weighted by atomic mass is 19.1. The second-order valence-corrected chi connectivity index (χ2v) is 7.04. The van der Waals surface area contributed by atoms with Crippen molar-refractivity contribution in [1.82, 2.24) is 14.9 Å². The molecule has 1 aromatic heterocycles. The molecule has 9 heteroatoms. The van der Waals surface area contributed by atoms with Crippen LogP contribution >= 0.6 is 0 Å². The fraction of sp³-hybridized carbons (Fsp3) is 0.421. The van der Waals surface area contributed by atoms with Gasteiger partial charge in [0.2, 0.25) is 5.91 Å². The number of hydrogen-bond donors (Lipinski definition) is 0. The number of piperazine rings is 2. The van der Waals surface area contributed by atoms with Gasteiger partial charge in [0, 0.05) is 58.4 Å². The van der Waals surface area contributed by atoms with E-state index in [1.54, 1.807) is 11.9 Å². The molecule has 1 amide bonds. The van der Waals surface area contributed by atoms with E-state index in [-0.39, 0.29) is 5.91 Å². The second kappa shape index (κ2) is 7.57. The Morgan fingerprint density at radius 3 is 2.21 bits per heavy atom. The van der Waals surface area contributed by atoms with Crippen molar-refractivity contribution in [2.24, 2.45) is 0 Å². The molecule has 0 aliphatic carbocycles. The highest BCUT2D eigenvalue weighted by Gasteiger charge is 2.24. The van der Waals surface area contributed by atoms with Crippen LogP contribution in [0.4, 0.5) is 26.1 Å². The summed E-state index contributed by atoms with van der Waals surface area (Å²) < 4.78 is 27.5. The lowest BCUT2D eigenvalue weighted by Crippen LogP contribution is -2.49. The molecule has 0 radical (unpaired) electrons. The van der Waals surface area contributed by atoms with Crippen molar-refractivity contribution in [2.75, 3.05) is 67.6 Å². The molecule has 0 saturated carbocycles. The average Bonchev–Trinajstić information content (AvgIpc) is 2.72. The van der Waals surface area contributed by atoms with Gasteiger partial charge in [0.05, 0.1) is 12.2 Å². The maximum atomic E-state index is 14.0. The van der Waals surface area contributed by atoms with E-state index in [0.29, 0.717) is 45.0 Å². The summed E-state index contributed by atoms with van der Waals surface area (Å²) in [6, 6.07) is 5.40. The number of rotatable bonds is 3. The van der Waals surface area contributed by atoms with Crippen molar-refractivity contribution in [3.8, 4) is 0 Å². The average molecular weight is 388 g/mol. The Labute approximate surface area is 162 Å². The summed E-state index contributed by atoms with van der Waals surface area (Å²) in [5.74, 6) is 0.706. The Hall–Kier alpha value is -2.97. The topological polar surface area (TPSA) is 55.8 Å². The lowest BCUT2D eigenvalue weighted by molar-refractivity contribution is -0.129. The zero-order valence-corrected chi connectivity index (χ0v) is 15.7. The van der Waals surface area contributed by atoms with Crippen LogP contribution in [-0.4, -0.2) is 73.6 Å². The molecule has 0 N–H and O–H groups in total. The van der Waals surface area contributed by atoms with Gasteiger partial charge in [-0.3, -0.25) is 4.79 Å². The van der Waals surface area contributed by atoms with Crippen LogP contribution in [0.5, 0.6) is 0 Å². The Kier molecular flexibility index (Phi) is 4.97. The standard InChI is InChI=1S/C19H22F2N6O/c1-24-4-5-27(12-19(24)28)18-11-17(22-13-23-18)26-8-6-25(7-9-26)16-10-14(20)2-3-15(16)21/h2-3,10-11,13H,4-9,12H2,1H3. The van der Waals surface area contributed by atoms with Gasteiger partial charge in [-0.1, -0.05) is 0 Å². The van der Waals surface area contributed by atoms with E-state index in [9.17, 15) is 13.6 Å². The summed E-state index contributed by atoms with van der Waals surface area (Å²) in [4.78, 5) is 28.2. The molecule has 0 spiro atoms. The number of anilines is 3. The maximum Gasteiger partial charge on any atom is 0.241 e. The molecular weight excluding hydrogens is 366 g/mol. The molecule has 2 fully saturated rings. The van der Waals surface area contributed by atoms with Crippen molar-refractivity contribution in [2.45, 2.75) is 0 Å². The minimum atomic E-state index is -0.444. The fourth-order valence-electron chi connectivity index (χ4n) is 3.54. The first kappa shape index (κ1) is 18.4. The molecule has 0 unspecified atom stereocenters. The fourth-order valence-corrected chi connectivity index (χ4v) is 3.54. The smallest absolute Gasteiger partial charge is 0.241 e. The first-order valence-electron chi connectivity index (χ1n) is 9.27. The zero-order valence-electron chi connectivity index (χ0n) is 15.7. The highest BCUT2D eigenvalue weighted by molar-refractivity contribution is 5.82. The Morgan fingerprint density at radius 2 is 1.50 bits per heavy atom. The van der Waals surface area contributed by atoms with Gasteiger partial charge < -0.3 is 19.6 Å². The summed E-state index contributed by atoms with van der Waals surface area (Å²) in [7, 11) is 1.80. The Bertz CT molecular complexity index is 871. The lowest BCUT2D eigenvalue weighted by Gasteiger charge is -2.37. The van der Waals surface area contributed by atoms with Gasteiger partial charge in [-0.05, 0) is 12.1 Å². The number of carbonyl (C=O) groups excluding carboxylic acids is 1.